The quantitative estimate of drug-likeness (QED) is 0.745. The molecule has 2 aromatic carbocycles. The van der Waals surface area contributed by atoms with Crippen LogP contribution in [0.3, 0.4) is 0 Å². The number of benzene rings is 2. The molecular formula is C20H18N2O2S. The standard InChI is InChI=1S/C20H18N2O2S/c21-18(23)17-15-7-3-4-8-16(15)25-20(17)22-19(24)14-10-9-12-5-1-2-6-13(12)11-14/h1-2,5-6,9-11H,3-4,7-8H2,(H2,21,23)(H,22,24). The van der Waals surface area contributed by atoms with E-state index in [0.717, 1.165) is 42.0 Å². The first-order chi connectivity index (χ1) is 12.1. The van der Waals surface area contributed by atoms with Crippen molar-refractivity contribution in [2.45, 2.75) is 25.7 Å². The number of hydrogen-bond acceptors (Lipinski definition) is 3. The van der Waals surface area contributed by atoms with E-state index in [-0.39, 0.29) is 5.91 Å². The lowest BCUT2D eigenvalue weighted by molar-refractivity contribution is 0.100. The highest BCUT2D eigenvalue weighted by molar-refractivity contribution is 7.17. The van der Waals surface area contributed by atoms with Crippen LogP contribution in [0.2, 0.25) is 0 Å². The van der Waals surface area contributed by atoms with Gasteiger partial charge in [0.15, 0.2) is 0 Å². The minimum atomic E-state index is -0.465. The third-order valence-electron chi connectivity index (χ3n) is 4.66. The number of nitrogens with two attached hydrogens (primary N) is 1. The number of anilines is 1. The Hall–Kier alpha value is -2.66. The molecule has 1 aromatic heterocycles. The van der Waals surface area contributed by atoms with Crippen molar-refractivity contribution in [3.63, 3.8) is 0 Å². The molecule has 126 valence electrons. The third-order valence-corrected chi connectivity index (χ3v) is 5.86. The minimum Gasteiger partial charge on any atom is -0.365 e. The van der Waals surface area contributed by atoms with E-state index in [4.69, 9.17) is 5.73 Å². The van der Waals surface area contributed by atoms with Crippen LogP contribution in [0.4, 0.5) is 5.00 Å². The van der Waals surface area contributed by atoms with Gasteiger partial charge in [0.25, 0.3) is 11.8 Å². The first-order valence-corrected chi connectivity index (χ1v) is 9.19. The van der Waals surface area contributed by atoms with Gasteiger partial charge >= 0.3 is 0 Å². The van der Waals surface area contributed by atoms with Gasteiger partial charge in [-0.3, -0.25) is 9.59 Å². The molecule has 3 aromatic rings. The van der Waals surface area contributed by atoms with Gasteiger partial charge < -0.3 is 11.1 Å². The number of nitrogens with one attached hydrogen (secondary N) is 1. The molecule has 25 heavy (non-hydrogen) atoms. The zero-order valence-corrected chi connectivity index (χ0v) is 14.5. The summed E-state index contributed by atoms with van der Waals surface area (Å²) in [4.78, 5) is 25.8. The van der Waals surface area contributed by atoms with E-state index < -0.39 is 5.91 Å². The Balaban J connectivity index is 1.68. The topological polar surface area (TPSA) is 72.2 Å². The molecule has 0 bridgehead atoms. The summed E-state index contributed by atoms with van der Waals surface area (Å²) in [6.45, 7) is 0. The van der Waals surface area contributed by atoms with E-state index in [1.807, 2.05) is 36.4 Å². The number of carbonyl (C=O) groups excluding carboxylic acids is 2. The summed E-state index contributed by atoms with van der Waals surface area (Å²) < 4.78 is 0. The van der Waals surface area contributed by atoms with Crippen LogP contribution in [0.15, 0.2) is 42.5 Å². The molecule has 4 nitrogen and oxygen atoms in total. The summed E-state index contributed by atoms with van der Waals surface area (Å²) in [6, 6.07) is 13.5. The van der Waals surface area contributed by atoms with Gasteiger partial charge in [0.05, 0.1) is 5.56 Å². The van der Waals surface area contributed by atoms with Crippen molar-refractivity contribution < 1.29 is 9.59 Å². The number of primary amides is 1. The van der Waals surface area contributed by atoms with Crippen LogP contribution < -0.4 is 11.1 Å². The van der Waals surface area contributed by atoms with Crippen molar-refractivity contribution in [3.05, 3.63) is 64.0 Å². The SMILES string of the molecule is NC(=O)c1c(NC(=O)c2ccc3ccccc3c2)sc2c1CCCC2. The van der Waals surface area contributed by atoms with Gasteiger partial charge in [-0.05, 0) is 54.2 Å². The molecule has 0 fully saturated rings. The average Bonchev–Trinajstić information content (AvgIpc) is 2.99. The second kappa shape index (κ2) is 6.33. The Bertz CT molecular complexity index is 991. The summed E-state index contributed by atoms with van der Waals surface area (Å²) in [6.07, 6.45) is 3.98. The van der Waals surface area contributed by atoms with Crippen molar-refractivity contribution in [1.82, 2.24) is 0 Å². The number of hydrogen-bond donors (Lipinski definition) is 2. The molecule has 0 unspecified atom stereocenters. The van der Waals surface area contributed by atoms with Crippen molar-refractivity contribution in [1.29, 1.82) is 0 Å². The Kier molecular flexibility index (Phi) is 4.01. The zero-order chi connectivity index (χ0) is 17.4. The average molecular weight is 350 g/mol. The molecule has 0 aliphatic heterocycles. The zero-order valence-electron chi connectivity index (χ0n) is 13.7. The molecule has 0 atom stereocenters. The lowest BCUT2D eigenvalue weighted by atomic mass is 9.95. The summed E-state index contributed by atoms with van der Waals surface area (Å²) in [7, 11) is 0. The summed E-state index contributed by atoms with van der Waals surface area (Å²) >= 11 is 1.48. The number of thiophene rings is 1. The monoisotopic (exact) mass is 350 g/mol. The van der Waals surface area contributed by atoms with E-state index in [1.54, 1.807) is 6.07 Å². The lowest BCUT2D eigenvalue weighted by Crippen LogP contribution is -2.18. The normalized spacial score (nSPS) is 13.4. The molecule has 5 heteroatoms. The van der Waals surface area contributed by atoms with Gasteiger partial charge in [-0.1, -0.05) is 30.3 Å². The number of carbonyl (C=O) groups is 2. The molecule has 1 heterocycles. The Labute approximate surface area is 149 Å². The molecule has 0 spiro atoms. The number of rotatable bonds is 3. The van der Waals surface area contributed by atoms with Gasteiger partial charge in [-0.15, -0.1) is 11.3 Å². The predicted molar refractivity (Wildman–Crippen MR) is 101 cm³/mol. The van der Waals surface area contributed by atoms with Crippen LogP contribution in [-0.4, -0.2) is 11.8 Å². The molecule has 3 N–H and O–H groups in total. The van der Waals surface area contributed by atoms with E-state index in [9.17, 15) is 9.59 Å². The maximum Gasteiger partial charge on any atom is 0.256 e. The highest BCUT2D eigenvalue weighted by atomic mass is 32.1. The van der Waals surface area contributed by atoms with Crippen LogP contribution in [0.1, 0.15) is 44.0 Å². The number of fused-ring (bicyclic) bond motifs is 2. The molecule has 2 amide bonds. The van der Waals surface area contributed by atoms with E-state index in [2.05, 4.69) is 5.32 Å². The molecule has 1 aliphatic rings. The van der Waals surface area contributed by atoms with Crippen LogP contribution in [-0.2, 0) is 12.8 Å². The molecular weight excluding hydrogens is 332 g/mol. The smallest absolute Gasteiger partial charge is 0.256 e. The van der Waals surface area contributed by atoms with E-state index >= 15 is 0 Å². The van der Waals surface area contributed by atoms with Crippen molar-refractivity contribution >= 4 is 38.9 Å². The van der Waals surface area contributed by atoms with Crippen LogP contribution in [0.25, 0.3) is 10.8 Å². The molecule has 4 rings (SSSR count). The van der Waals surface area contributed by atoms with E-state index in [0.29, 0.717) is 16.1 Å². The fraction of sp³-hybridized carbons (Fsp3) is 0.200. The summed E-state index contributed by atoms with van der Waals surface area (Å²) in [5.74, 6) is -0.680. The second-order valence-electron chi connectivity index (χ2n) is 6.30. The minimum absolute atomic E-state index is 0.216. The van der Waals surface area contributed by atoms with Gasteiger partial charge in [-0.2, -0.15) is 0 Å². The molecule has 0 saturated heterocycles. The van der Waals surface area contributed by atoms with Gasteiger partial charge in [-0.25, -0.2) is 0 Å². The fourth-order valence-corrected chi connectivity index (χ4v) is 4.71. The van der Waals surface area contributed by atoms with Crippen LogP contribution in [0, 0.1) is 0 Å². The van der Waals surface area contributed by atoms with Crippen LogP contribution in [0.5, 0.6) is 0 Å². The first-order valence-electron chi connectivity index (χ1n) is 8.38. The lowest BCUT2D eigenvalue weighted by Gasteiger charge is -2.11. The Morgan fingerprint density at radius 2 is 1.76 bits per heavy atom. The highest BCUT2D eigenvalue weighted by Crippen LogP contribution is 2.38. The predicted octanol–water partition coefficient (Wildman–Crippen LogP) is 4.13. The van der Waals surface area contributed by atoms with Gasteiger partial charge in [0.2, 0.25) is 0 Å². The van der Waals surface area contributed by atoms with E-state index in [1.165, 1.54) is 16.2 Å². The highest BCUT2D eigenvalue weighted by Gasteiger charge is 2.25. The van der Waals surface area contributed by atoms with Crippen LogP contribution >= 0.6 is 11.3 Å². The molecule has 0 saturated carbocycles. The largest absolute Gasteiger partial charge is 0.365 e. The van der Waals surface area contributed by atoms with Crippen molar-refractivity contribution in [3.8, 4) is 0 Å². The molecule has 0 radical (unpaired) electrons. The Morgan fingerprint density at radius 3 is 2.56 bits per heavy atom. The first kappa shape index (κ1) is 15.8. The van der Waals surface area contributed by atoms with Crippen molar-refractivity contribution in [2.75, 3.05) is 5.32 Å². The maximum absolute atomic E-state index is 12.7. The Morgan fingerprint density at radius 1 is 1.00 bits per heavy atom. The maximum atomic E-state index is 12.7. The summed E-state index contributed by atoms with van der Waals surface area (Å²) in [5, 5.41) is 5.59. The third kappa shape index (κ3) is 2.91. The van der Waals surface area contributed by atoms with Crippen molar-refractivity contribution in [2.24, 2.45) is 5.73 Å². The number of aryl methyl sites for hydroxylation is 1. The van der Waals surface area contributed by atoms with Gasteiger partial charge in [0.1, 0.15) is 5.00 Å². The fourth-order valence-electron chi connectivity index (χ4n) is 3.42. The summed E-state index contributed by atoms with van der Waals surface area (Å²) in [5.41, 5.74) is 7.68. The van der Waals surface area contributed by atoms with Gasteiger partial charge in [0, 0.05) is 10.4 Å². The molecule has 1 aliphatic carbocycles. The number of amides is 2. The second-order valence-corrected chi connectivity index (χ2v) is 7.40.